The minimum absolute atomic E-state index is 0.0257. The smallest absolute Gasteiger partial charge is 0.410 e. The van der Waals surface area contributed by atoms with Crippen LogP contribution in [0.2, 0.25) is 18.1 Å². The lowest BCUT2D eigenvalue weighted by molar-refractivity contribution is 0.00490. The lowest BCUT2D eigenvalue weighted by atomic mass is 10.0. The highest BCUT2D eigenvalue weighted by Crippen LogP contribution is 2.40. The first-order chi connectivity index (χ1) is 16.6. The van der Waals surface area contributed by atoms with Crippen LogP contribution in [0.1, 0.15) is 65.2 Å². The average Bonchev–Trinajstić information content (AvgIpc) is 2.76. The van der Waals surface area contributed by atoms with Crippen molar-refractivity contribution in [2.24, 2.45) is 0 Å². The molecule has 2 aromatic rings. The summed E-state index contributed by atoms with van der Waals surface area (Å²) in [6.07, 6.45) is 4.57. The van der Waals surface area contributed by atoms with Gasteiger partial charge >= 0.3 is 6.09 Å². The third kappa shape index (κ3) is 7.92. The van der Waals surface area contributed by atoms with Crippen LogP contribution in [0.25, 0.3) is 0 Å². The van der Waals surface area contributed by atoms with Gasteiger partial charge < -0.3 is 18.8 Å². The molecule has 6 nitrogen and oxygen atoms in total. The molecule has 2 atom stereocenters. The normalized spacial score (nSPS) is 17.1. The molecule has 0 spiro atoms. The minimum Gasteiger partial charge on any atom is -0.488 e. The lowest BCUT2D eigenvalue weighted by Crippen LogP contribution is -2.48. The Labute approximate surface area is 231 Å². The summed E-state index contributed by atoms with van der Waals surface area (Å²) in [5, 5.41) is 0.0257. The molecule has 1 aliphatic rings. The number of hydrogen-bond acceptors (Lipinski definition) is 5. The van der Waals surface area contributed by atoms with Gasteiger partial charge in [-0.1, -0.05) is 26.8 Å². The number of aryl methyl sites for hydroxylation is 1. The summed E-state index contributed by atoms with van der Waals surface area (Å²) >= 11 is 2.33. The third-order valence-electron chi connectivity index (χ3n) is 6.81. The first-order valence-electron chi connectivity index (χ1n) is 12.7. The summed E-state index contributed by atoms with van der Waals surface area (Å²) in [6.45, 7) is 17.6. The Morgan fingerprint density at radius 1 is 1.22 bits per heavy atom. The summed E-state index contributed by atoms with van der Waals surface area (Å²) < 4.78 is 20.2. The van der Waals surface area contributed by atoms with Crippen LogP contribution in [0.5, 0.6) is 5.75 Å². The van der Waals surface area contributed by atoms with Gasteiger partial charge in [0.05, 0.1) is 19.2 Å². The number of rotatable bonds is 7. The predicted octanol–water partition coefficient (Wildman–Crippen LogP) is 7.38. The Bertz CT molecular complexity index is 1030. The fourth-order valence-electron chi connectivity index (χ4n) is 3.85. The molecule has 1 unspecified atom stereocenters. The number of benzene rings is 1. The standard InChI is InChI=1S/C28H41IN2O4Si/c1-27(2,3)34-26(32)31(18-23-13-11-20-16-22(29)12-14-24(20)33-23)19-25(21-10-9-15-30-17-21)35-36(7,8)28(4,5)6/h9-10,12,14-17,23,25H,11,13,18-19H2,1-8H3/t23-,25?/m0/s1. The van der Waals surface area contributed by atoms with E-state index in [2.05, 4.69) is 73.6 Å². The topological polar surface area (TPSA) is 60.9 Å². The van der Waals surface area contributed by atoms with Crippen LogP contribution in [0.15, 0.2) is 42.7 Å². The number of fused-ring (bicyclic) bond motifs is 1. The van der Waals surface area contributed by atoms with Crippen LogP contribution >= 0.6 is 22.6 Å². The van der Waals surface area contributed by atoms with Crippen LogP contribution in [-0.2, 0) is 15.6 Å². The van der Waals surface area contributed by atoms with Gasteiger partial charge in [0.15, 0.2) is 8.32 Å². The first-order valence-corrected chi connectivity index (χ1v) is 16.6. The molecular weight excluding hydrogens is 583 g/mol. The second-order valence-electron chi connectivity index (χ2n) is 12.1. The van der Waals surface area contributed by atoms with E-state index in [-0.39, 0.29) is 23.3 Å². The number of pyridine rings is 1. The zero-order valence-electron chi connectivity index (χ0n) is 22.9. The first kappa shape index (κ1) is 28.9. The summed E-state index contributed by atoms with van der Waals surface area (Å²) in [7, 11) is -2.14. The van der Waals surface area contributed by atoms with Gasteiger partial charge in [0.25, 0.3) is 0 Å². The van der Waals surface area contributed by atoms with Crippen LogP contribution in [0.4, 0.5) is 4.79 Å². The number of aromatic nitrogens is 1. The predicted molar refractivity (Wildman–Crippen MR) is 155 cm³/mol. The van der Waals surface area contributed by atoms with Crippen molar-refractivity contribution in [1.29, 1.82) is 0 Å². The molecule has 8 heteroatoms. The van der Waals surface area contributed by atoms with Crippen molar-refractivity contribution in [2.75, 3.05) is 13.1 Å². The van der Waals surface area contributed by atoms with E-state index in [4.69, 9.17) is 13.9 Å². The van der Waals surface area contributed by atoms with Crippen LogP contribution in [-0.4, -0.2) is 49.1 Å². The molecule has 0 radical (unpaired) electrons. The summed E-state index contributed by atoms with van der Waals surface area (Å²) in [6, 6.07) is 10.2. The van der Waals surface area contributed by atoms with Crippen molar-refractivity contribution >= 4 is 37.0 Å². The minimum atomic E-state index is -2.14. The highest BCUT2D eigenvalue weighted by atomic mass is 127. The van der Waals surface area contributed by atoms with E-state index in [0.29, 0.717) is 13.1 Å². The molecule has 1 aromatic carbocycles. The van der Waals surface area contributed by atoms with Gasteiger partial charge in [-0.3, -0.25) is 4.98 Å². The number of hydrogen-bond donors (Lipinski definition) is 0. The van der Waals surface area contributed by atoms with E-state index in [1.807, 2.05) is 45.2 Å². The van der Waals surface area contributed by atoms with E-state index >= 15 is 0 Å². The van der Waals surface area contributed by atoms with Crippen molar-refractivity contribution in [1.82, 2.24) is 9.88 Å². The molecule has 0 aliphatic carbocycles. The van der Waals surface area contributed by atoms with E-state index in [0.717, 1.165) is 24.2 Å². The third-order valence-corrected chi connectivity index (χ3v) is 12.0. The molecule has 1 aromatic heterocycles. The van der Waals surface area contributed by atoms with Crippen molar-refractivity contribution in [3.05, 3.63) is 57.4 Å². The second kappa shape index (κ2) is 11.4. The van der Waals surface area contributed by atoms with Gasteiger partial charge in [0, 0.05) is 16.0 Å². The Balaban J connectivity index is 1.87. The molecule has 0 bridgehead atoms. The monoisotopic (exact) mass is 624 g/mol. The highest BCUT2D eigenvalue weighted by Gasteiger charge is 2.40. The number of nitrogens with zero attached hydrogens (tertiary/aromatic N) is 2. The molecule has 1 amide bonds. The number of carbonyl (C=O) groups excluding carboxylic acids is 1. The maximum Gasteiger partial charge on any atom is 0.410 e. The number of halogens is 1. The fourth-order valence-corrected chi connectivity index (χ4v) is 5.68. The van der Waals surface area contributed by atoms with Crippen molar-refractivity contribution in [3.8, 4) is 5.75 Å². The van der Waals surface area contributed by atoms with Crippen LogP contribution in [0.3, 0.4) is 0 Å². The van der Waals surface area contributed by atoms with Crippen molar-refractivity contribution in [3.63, 3.8) is 0 Å². The second-order valence-corrected chi connectivity index (χ2v) is 18.1. The van der Waals surface area contributed by atoms with Gasteiger partial charge in [0.1, 0.15) is 17.5 Å². The van der Waals surface area contributed by atoms with Gasteiger partial charge in [-0.25, -0.2) is 4.79 Å². The maximum atomic E-state index is 13.4. The van der Waals surface area contributed by atoms with E-state index < -0.39 is 13.9 Å². The molecule has 0 saturated heterocycles. The van der Waals surface area contributed by atoms with E-state index in [1.165, 1.54) is 9.13 Å². The lowest BCUT2D eigenvalue weighted by Gasteiger charge is -2.41. The van der Waals surface area contributed by atoms with Crippen molar-refractivity contribution < 1.29 is 18.7 Å². The maximum absolute atomic E-state index is 13.4. The molecule has 0 saturated carbocycles. The summed E-state index contributed by atoms with van der Waals surface area (Å²) in [5.74, 6) is 0.900. The Kier molecular flexibility index (Phi) is 9.15. The number of amides is 1. The van der Waals surface area contributed by atoms with Gasteiger partial charge in [-0.15, -0.1) is 0 Å². The van der Waals surface area contributed by atoms with Crippen LogP contribution < -0.4 is 4.74 Å². The zero-order valence-corrected chi connectivity index (χ0v) is 26.1. The Morgan fingerprint density at radius 3 is 2.56 bits per heavy atom. The zero-order chi connectivity index (χ0) is 26.7. The van der Waals surface area contributed by atoms with Gasteiger partial charge in [-0.05, 0) is 110 Å². The van der Waals surface area contributed by atoms with Crippen molar-refractivity contribution in [2.45, 2.75) is 90.3 Å². The molecule has 0 fully saturated rings. The van der Waals surface area contributed by atoms with Gasteiger partial charge in [0.2, 0.25) is 0 Å². The molecule has 198 valence electrons. The summed E-state index contributed by atoms with van der Waals surface area (Å²) in [5.41, 5.74) is 1.58. The Hall–Kier alpha value is -1.65. The van der Waals surface area contributed by atoms with Crippen LogP contribution in [0, 0.1) is 3.57 Å². The average molecular weight is 625 g/mol. The highest BCUT2D eigenvalue weighted by molar-refractivity contribution is 14.1. The van der Waals surface area contributed by atoms with E-state index in [1.54, 1.807) is 11.1 Å². The van der Waals surface area contributed by atoms with Gasteiger partial charge in [-0.2, -0.15) is 0 Å². The molecule has 1 aliphatic heterocycles. The summed E-state index contributed by atoms with van der Waals surface area (Å²) in [4.78, 5) is 19.5. The molecule has 2 heterocycles. The Morgan fingerprint density at radius 2 is 1.94 bits per heavy atom. The molecule has 36 heavy (non-hydrogen) atoms. The van der Waals surface area contributed by atoms with E-state index in [9.17, 15) is 4.79 Å². The molecule has 3 rings (SSSR count). The number of ether oxygens (including phenoxy) is 2. The molecule has 0 N–H and O–H groups in total. The fraction of sp³-hybridized carbons (Fsp3) is 0.571. The quantitative estimate of drug-likeness (QED) is 0.238. The number of carbonyl (C=O) groups is 1. The SMILES string of the molecule is CC(C)(C)OC(=O)N(CC(O[Si](C)(C)C(C)(C)C)c1cccnc1)C[C@@H]1CCc2cc(I)ccc2O1. The largest absolute Gasteiger partial charge is 0.488 e. The molecular formula is C28H41IN2O4Si.